The average Bonchev–Trinajstić information content (AvgIpc) is 2.23. The number of urea groups is 1. The molecule has 0 aliphatic heterocycles. The molecule has 0 spiro atoms. The number of hydrogen-bond acceptors (Lipinski definition) is 3. The molecule has 2 atom stereocenters. The van der Waals surface area contributed by atoms with E-state index < -0.39 is 16.8 Å². The molecule has 17 heavy (non-hydrogen) atoms. The molecule has 3 N–H and O–H groups in total. The number of amides is 2. The van der Waals surface area contributed by atoms with Crippen LogP contribution in [0.4, 0.5) is 4.79 Å². The lowest BCUT2D eigenvalue weighted by molar-refractivity contribution is -0.141. The van der Waals surface area contributed by atoms with Gasteiger partial charge in [-0.3, -0.25) is 9.00 Å². The Bertz CT molecular complexity index is 283. The van der Waals surface area contributed by atoms with E-state index in [1.165, 1.54) is 0 Å². The summed E-state index contributed by atoms with van der Waals surface area (Å²) in [5.41, 5.74) is 0. The van der Waals surface area contributed by atoms with Crippen molar-refractivity contribution >= 4 is 22.8 Å². The number of carbonyl (C=O) groups excluding carboxylic acids is 1. The highest BCUT2D eigenvalue weighted by atomic mass is 32.2. The lowest BCUT2D eigenvalue weighted by Crippen LogP contribution is -2.38. The summed E-state index contributed by atoms with van der Waals surface area (Å²) in [4.78, 5) is 21.7. The van der Waals surface area contributed by atoms with Gasteiger partial charge in [0.25, 0.3) is 0 Å². The van der Waals surface area contributed by atoms with E-state index in [4.69, 9.17) is 5.11 Å². The monoisotopic (exact) mass is 264 g/mol. The minimum absolute atomic E-state index is 0.307. The minimum Gasteiger partial charge on any atom is -0.481 e. The number of aliphatic carboxylic acids is 1. The molecule has 0 aromatic carbocycles. The first-order valence-corrected chi connectivity index (χ1v) is 7.20. The van der Waals surface area contributed by atoms with Crippen molar-refractivity contribution < 1.29 is 18.9 Å². The predicted octanol–water partition coefficient (Wildman–Crippen LogP) is 0.165. The smallest absolute Gasteiger partial charge is 0.314 e. The standard InChI is InChI=1S/C10H20N2O4S/c1-8(9(13)14)4-3-5-11-10(15)12-6-7-17(2)16/h8H,3-7H2,1-2H3,(H,13,14)(H2,11,12,15). The third-order valence-corrected chi connectivity index (χ3v) is 2.98. The second-order valence-corrected chi connectivity index (χ2v) is 5.40. The Kier molecular flexibility index (Phi) is 8.39. The zero-order chi connectivity index (χ0) is 13.3. The number of carboxylic acids is 1. The summed E-state index contributed by atoms with van der Waals surface area (Å²) < 4.78 is 10.7. The molecule has 0 aliphatic carbocycles. The highest BCUT2D eigenvalue weighted by Crippen LogP contribution is 2.03. The van der Waals surface area contributed by atoms with Gasteiger partial charge in [-0.1, -0.05) is 6.92 Å². The third-order valence-electron chi connectivity index (χ3n) is 2.20. The predicted molar refractivity (Wildman–Crippen MR) is 66.4 cm³/mol. The zero-order valence-corrected chi connectivity index (χ0v) is 11.0. The molecule has 0 aromatic rings. The van der Waals surface area contributed by atoms with Crippen molar-refractivity contribution in [1.29, 1.82) is 0 Å². The fraction of sp³-hybridized carbons (Fsp3) is 0.800. The Morgan fingerprint density at radius 3 is 2.41 bits per heavy atom. The van der Waals surface area contributed by atoms with E-state index in [-0.39, 0.29) is 11.9 Å². The molecular weight excluding hydrogens is 244 g/mol. The Labute approximate surface area is 104 Å². The molecule has 6 nitrogen and oxygen atoms in total. The maximum absolute atomic E-state index is 11.2. The highest BCUT2D eigenvalue weighted by Gasteiger charge is 2.09. The fourth-order valence-electron chi connectivity index (χ4n) is 1.10. The fourth-order valence-corrected chi connectivity index (χ4v) is 1.49. The molecule has 0 aliphatic rings. The van der Waals surface area contributed by atoms with Crippen molar-refractivity contribution in [2.75, 3.05) is 25.1 Å². The van der Waals surface area contributed by atoms with Crippen LogP contribution in [0, 0.1) is 5.92 Å². The minimum atomic E-state index is -0.909. The Morgan fingerprint density at radius 2 is 1.88 bits per heavy atom. The van der Waals surface area contributed by atoms with Crippen molar-refractivity contribution in [3.05, 3.63) is 0 Å². The molecule has 0 heterocycles. The van der Waals surface area contributed by atoms with Crippen LogP contribution < -0.4 is 10.6 Å². The van der Waals surface area contributed by atoms with Gasteiger partial charge >= 0.3 is 12.0 Å². The van der Waals surface area contributed by atoms with Crippen LogP contribution in [-0.4, -0.2) is 46.4 Å². The van der Waals surface area contributed by atoms with Crippen molar-refractivity contribution in [3.8, 4) is 0 Å². The van der Waals surface area contributed by atoms with Crippen LogP contribution in [0.3, 0.4) is 0 Å². The molecule has 100 valence electrons. The molecule has 0 radical (unpaired) electrons. The van der Waals surface area contributed by atoms with E-state index in [2.05, 4.69) is 10.6 Å². The van der Waals surface area contributed by atoms with Crippen molar-refractivity contribution in [3.63, 3.8) is 0 Å². The van der Waals surface area contributed by atoms with Gasteiger partial charge in [0, 0.05) is 35.9 Å². The third kappa shape index (κ3) is 9.80. The molecular formula is C10H20N2O4S. The number of carbonyl (C=O) groups is 2. The van der Waals surface area contributed by atoms with Gasteiger partial charge in [-0.2, -0.15) is 0 Å². The van der Waals surface area contributed by atoms with Crippen LogP contribution in [0.15, 0.2) is 0 Å². The van der Waals surface area contributed by atoms with Gasteiger partial charge in [0.15, 0.2) is 0 Å². The summed E-state index contributed by atoms with van der Waals surface area (Å²) in [6.07, 6.45) is 2.74. The number of hydrogen-bond donors (Lipinski definition) is 3. The van der Waals surface area contributed by atoms with Gasteiger partial charge in [-0.05, 0) is 12.8 Å². The Balaban J connectivity index is 3.45. The van der Waals surface area contributed by atoms with Crippen LogP contribution in [-0.2, 0) is 15.6 Å². The first-order chi connectivity index (χ1) is 7.93. The Morgan fingerprint density at radius 1 is 1.29 bits per heavy atom. The zero-order valence-electron chi connectivity index (χ0n) is 10.2. The quantitative estimate of drug-likeness (QED) is 0.544. The van der Waals surface area contributed by atoms with Gasteiger partial charge < -0.3 is 15.7 Å². The SMILES string of the molecule is CC(CCCNC(=O)NCCS(C)=O)C(=O)O. The van der Waals surface area contributed by atoms with Gasteiger partial charge in [0.2, 0.25) is 0 Å². The summed E-state index contributed by atoms with van der Waals surface area (Å²) in [5.74, 6) is -0.772. The number of carboxylic acid groups (broad SMARTS) is 1. The molecule has 0 fully saturated rings. The van der Waals surface area contributed by atoms with E-state index >= 15 is 0 Å². The van der Waals surface area contributed by atoms with E-state index in [1.54, 1.807) is 13.2 Å². The molecule has 0 aromatic heterocycles. The number of nitrogens with one attached hydrogen (secondary N) is 2. The van der Waals surface area contributed by atoms with Gasteiger partial charge in [-0.15, -0.1) is 0 Å². The van der Waals surface area contributed by atoms with Crippen LogP contribution in [0.25, 0.3) is 0 Å². The van der Waals surface area contributed by atoms with Crippen LogP contribution in [0.5, 0.6) is 0 Å². The lowest BCUT2D eigenvalue weighted by Gasteiger charge is -2.08. The summed E-state index contributed by atoms with van der Waals surface area (Å²) >= 11 is 0. The van der Waals surface area contributed by atoms with Crippen molar-refractivity contribution in [1.82, 2.24) is 10.6 Å². The van der Waals surface area contributed by atoms with E-state index in [0.717, 1.165) is 0 Å². The maximum Gasteiger partial charge on any atom is 0.314 e. The summed E-state index contributed by atoms with van der Waals surface area (Å²) in [5, 5.41) is 13.8. The van der Waals surface area contributed by atoms with Crippen LogP contribution in [0.1, 0.15) is 19.8 Å². The maximum atomic E-state index is 11.2. The van der Waals surface area contributed by atoms with Crippen molar-refractivity contribution in [2.24, 2.45) is 5.92 Å². The van der Waals surface area contributed by atoms with Gasteiger partial charge in [0.05, 0.1) is 5.92 Å². The highest BCUT2D eigenvalue weighted by molar-refractivity contribution is 7.84. The van der Waals surface area contributed by atoms with E-state index in [9.17, 15) is 13.8 Å². The molecule has 0 saturated carbocycles. The molecule has 0 saturated heterocycles. The van der Waals surface area contributed by atoms with Crippen LogP contribution >= 0.6 is 0 Å². The van der Waals surface area contributed by atoms with Crippen molar-refractivity contribution in [2.45, 2.75) is 19.8 Å². The lowest BCUT2D eigenvalue weighted by atomic mass is 10.1. The number of rotatable bonds is 8. The Hall–Kier alpha value is -1.11. The summed E-state index contributed by atoms with van der Waals surface area (Å²) in [6, 6.07) is -0.307. The van der Waals surface area contributed by atoms with Gasteiger partial charge in [0.1, 0.15) is 0 Å². The first-order valence-electron chi connectivity index (χ1n) is 5.48. The molecule has 0 bridgehead atoms. The van der Waals surface area contributed by atoms with E-state index in [1.807, 2.05) is 0 Å². The molecule has 2 unspecified atom stereocenters. The van der Waals surface area contributed by atoms with Crippen LogP contribution in [0.2, 0.25) is 0 Å². The average molecular weight is 264 g/mol. The second-order valence-electron chi connectivity index (χ2n) is 3.84. The topological polar surface area (TPSA) is 95.5 Å². The normalized spacial score (nSPS) is 13.8. The van der Waals surface area contributed by atoms with Gasteiger partial charge in [-0.25, -0.2) is 4.79 Å². The second kappa shape index (κ2) is 8.98. The first kappa shape index (κ1) is 15.9. The van der Waals surface area contributed by atoms with E-state index in [0.29, 0.717) is 31.7 Å². The molecule has 0 rings (SSSR count). The largest absolute Gasteiger partial charge is 0.481 e. The molecule has 7 heteroatoms. The summed E-state index contributed by atoms with van der Waals surface area (Å²) in [7, 11) is -0.909. The molecule has 2 amide bonds. The summed E-state index contributed by atoms with van der Waals surface area (Å²) in [6.45, 7) is 2.46.